The molecule has 9 heteroatoms. The van der Waals surface area contributed by atoms with Crippen LogP contribution in [-0.2, 0) is 19.4 Å². The van der Waals surface area contributed by atoms with Crippen molar-refractivity contribution in [3.63, 3.8) is 0 Å². The molecule has 0 aliphatic carbocycles. The number of rotatable bonds is 6. The highest BCUT2D eigenvalue weighted by molar-refractivity contribution is 7.90. The van der Waals surface area contributed by atoms with E-state index in [2.05, 4.69) is 10.6 Å². The van der Waals surface area contributed by atoms with Crippen molar-refractivity contribution in [1.82, 2.24) is 10.6 Å². The third-order valence-electron chi connectivity index (χ3n) is 3.64. The average Bonchev–Trinajstić information content (AvgIpc) is 2.66. The van der Waals surface area contributed by atoms with Gasteiger partial charge in [0.1, 0.15) is 0 Å². The summed E-state index contributed by atoms with van der Waals surface area (Å²) >= 11 is 0. The first kappa shape index (κ1) is 21.1. The van der Waals surface area contributed by atoms with Crippen LogP contribution in [-0.4, -0.2) is 39.1 Å². The van der Waals surface area contributed by atoms with E-state index in [9.17, 15) is 22.8 Å². The van der Waals surface area contributed by atoms with Crippen molar-refractivity contribution in [2.75, 3.05) is 12.8 Å². The van der Waals surface area contributed by atoms with Gasteiger partial charge in [-0.1, -0.05) is 36.4 Å². The summed E-state index contributed by atoms with van der Waals surface area (Å²) in [5.41, 5.74) is 0.326. The van der Waals surface area contributed by atoms with E-state index >= 15 is 0 Å². The van der Waals surface area contributed by atoms with Gasteiger partial charge < -0.3 is 10.1 Å². The van der Waals surface area contributed by atoms with E-state index < -0.39 is 33.8 Å². The summed E-state index contributed by atoms with van der Waals surface area (Å²) in [7, 11) is -3.52. The molecule has 148 valence electrons. The number of hydrogen-bond acceptors (Lipinski definition) is 6. The monoisotopic (exact) mass is 404 g/mol. The van der Waals surface area contributed by atoms with Crippen LogP contribution in [0.5, 0.6) is 0 Å². The minimum Gasteiger partial charge on any atom is -0.444 e. The maximum atomic E-state index is 12.5. The largest absolute Gasteiger partial charge is 0.444 e. The molecule has 3 amide bonds. The molecule has 1 atom stereocenters. The van der Waals surface area contributed by atoms with Crippen LogP contribution in [0.3, 0.4) is 0 Å². The van der Waals surface area contributed by atoms with Crippen LogP contribution < -0.4 is 10.6 Å². The Morgan fingerprint density at radius 3 is 2.32 bits per heavy atom. The van der Waals surface area contributed by atoms with Crippen molar-refractivity contribution in [3.05, 3.63) is 65.7 Å². The summed E-state index contributed by atoms with van der Waals surface area (Å²) in [5, 5.41) is 4.52. The highest BCUT2D eigenvalue weighted by Gasteiger charge is 2.27. The molecular formula is C19H20N2O6S. The summed E-state index contributed by atoms with van der Waals surface area (Å²) in [4.78, 5) is 36.6. The summed E-state index contributed by atoms with van der Waals surface area (Å²) < 4.78 is 28.7. The first-order valence-corrected chi connectivity index (χ1v) is 10.3. The standard InChI is InChI=1S/C19H20N2O6S/c1-3-20-19(24)21-17(22)16(13-8-5-4-6-9-13)27-18(23)14-10-7-11-15(12-14)28(2,25)26/h4-12,16H,3H2,1-2H3,(H2,20,21,22,24). The lowest BCUT2D eigenvalue weighted by molar-refractivity contribution is -0.129. The van der Waals surface area contributed by atoms with Crippen molar-refractivity contribution in [2.24, 2.45) is 0 Å². The fourth-order valence-corrected chi connectivity index (χ4v) is 2.98. The Morgan fingerprint density at radius 2 is 1.71 bits per heavy atom. The lowest BCUT2D eigenvalue weighted by Gasteiger charge is -2.18. The van der Waals surface area contributed by atoms with E-state index in [4.69, 9.17) is 4.74 Å². The molecule has 2 aromatic rings. The van der Waals surface area contributed by atoms with Crippen molar-refractivity contribution in [2.45, 2.75) is 17.9 Å². The predicted molar refractivity (Wildman–Crippen MR) is 101 cm³/mol. The molecule has 1 unspecified atom stereocenters. The van der Waals surface area contributed by atoms with Gasteiger partial charge in [-0.25, -0.2) is 18.0 Å². The van der Waals surface area contributed by atoms with E-state index in [-0.39, 0.29) is 10.5 Å². The van der Waals surface area contributed by atoms with Crippen molar-refractivity contribution >= 4 is 27.7 Å². The molecule has 8 nitrogen and oxygen atoms in total. The highest BCUT2D eigenvalue weighted by atomic mass is 32.2. The van der Waals surface area contributed by atoms with Gasteiger partial charge in [0.2, 0.25) is 6.10 Å². The number of urea groups is 1. The maximum absolute atomic E-state index is 12.5. The number of ether oxygens (including phenoxy) is 1. The zero-order valence-electron chi connectivity index (χ0n) is 15.3. The minimum atomic E-state index is -3.52. The normalized spacial score (nSPS) is 11.9. The Hall–Kier alpha value is -3.20. The molecule has 2 N–H and O–H groups in total. The molecule has 0 aliphatic rings. The van der Waals surface area contributed by atoms with Gasteiger partial charge in [0, 0.05) is 18.4 Å². The first-order valence-electron chi connectivity index (χ1n) is 8.37. The number of carbonyl (C=O) groups is 3. The predicted octanol–water partition coefficient (Wildman–Crippen LogP) is 1.83. The zero-order chi connectivity index (χ0) is 20.7. The van der Waals surface area contributed by atoms with E-state index in [0.29, 0.717) is 12.1 Å². The molecule has 0 aliphatic heterocycles. The highest BCUT2D eigenvalue weighted by Crippen LogP contribution is 2.21. The number of hydrogen-bond donors (Lipinski definition) is 2. The van der Waals surface area contributed by atoms with Gasteiger partial charge in [-0.15, -0.1) is 0 Å². The smallest absolute Gasteiger partial charge is 0.339 e. The third-order valence-corrected chi connectivity index (χ3v) is 4.75. The average molecular weight is 404 g/mol. The fourth-order valence-electron chi connectivity index (χ4n) is 2.31. The molecule has 0 heterocycles. The van der Waals surface area contributed by atoms with Gasteiger partial charge >= 0.3 is 12.0 Å². The van der Waals surface area contributed by atoms with Crippen LogP contribution in [0.15, 0.2) is 59.5 Å². The number of imide groups is 1. The van der Waals surface area contributed by atoms with Gasteiger partial charge in [0.05, 0.1) is 10.5 Å². The summed E-state index contributed by atoms with van der Waals surface area (Å²) in [5.74, 6) is -1.73. The number of sulfone groups is 1. The molecule has 0 saturated carbocycles. The summed E-state index contributed by atoms with van der Waals surface area (Å²) in [6.07, 6.45) is -0.373. The van der Waals surface area contributed by atoms with E-state index in [0.717, 1.165) is 6.26 Å². The number of amides is 3. The molecule has 0 aromatic heterocycles. The second-order valence-corrected chi connectivity index (χ2v) is 7.86. The van der Waals surface area contributed by atoms with Crippen LogP contribution in [0.1, 0.15) is 28.9 Å². The van der Waals surface area contributed by atoms with Crippen LogP contribution in [0, 0.1) is 0 Å². The second-order valence-electron chi connectivity index (χ2n) is 5.84. The van der Waals surface area contributed by atoms with Crippen LogP contribution in [0.2, 0.25) is 0 Å². The minimum absolute atomic E-state index is 0.0327. The summed E-state index contributed by atoms with van der Waals surface area (Å²) in [6.45, 7) is 2.00. The number of esters is 1. The molecule has 0 radical (unpaired) electrons. The Morgan fingerprint density at radius 1 is 1.04 bits per heavy atom. The van der Waals surface area contributed by atoms with Crippen LogP contribution >= 0.6 is 0 Å². The Bertz CT molecular complexity index is 973. The SMILES string of the molecule is CCNC(=O)NC(=O)C(OC(=O)c1cccc(S(C)(=O)=O)c1)c1ccccc1. The molecule has 2 aromatic carbocycles. The molecule has 2 rings (SSSR count). The zero-order valence-corrected chi connectivity index (χ0v) is 16.2. The van der Waals surface area contributed by atoms with E-state index in [1.165, 1.54) is 24.3 Å². The van der Waals surface area contributed by atoms with Gasteiger partial charge in [-0.2, -0.15) is 0 Å². The number of benzene rings is 2. The second kappa shape index (κ2) is 9.14. The number of nitrogens with one attached hydrogen (secondary N) is 2. The quantitative estimate of drug-likeness (QED) is 0.709. The molecular weight excluding hydrogens is 384 g/mol. The molecule has 28 heavy (non-hydrogen) atoms. The van der Waals surface area contributed by atoms with Gasteiger partial charge in [0.15, 0.2) is 9.84 Å². The molecule has 0 bridgehead atoms. The fraction of sp³-hybridized carbons (Fsp3) is 0.211. The first-order chi connectivity index (χ1) is 13.2. The van der Waals surface area contributed by atoms with Gasteiger partial charge in [-0.3, -0.25) is 10.1 Å². The lowest BCUT2D eigenvalue weighted by atomic mass is 10.1. The van der Waals surface area contributed by atoms with Crippen molar-refractivity contribution in [1.29, 1.82) is 0 Å². The van der Waals surface area contributed by atoms with Crippen molar-refractivity contribution in [3.8, 4) is 0 Å². The van der Waals surface area contributed by atoms with Crippen molar-refractivity contribution < 1.29 is 27.5 Å². The Kier molecular flexibility index (Phi) is 6.89. The molecule has 0 saturated heterocycles. The van der Waals surface area contributed by atoms with E-state index in [1.54, 1.807) is 37.3 Å². The molecule has 0 spiro atoms. The van der Waals surface area contributed by atoms with Gasteiger partial charge in [0.25, 0.3) is 5.91 Å². The van der Waals surface area contributed by atoms with E-state index in [1.807, 2.05) is 0 Å². The van der Waals surface area contributed by atoms with Crippen LogP contribution in [0.25, 0.3) is 0 Å². The summed E-state index contributed by atoms with van der Waals surface area (Å²) in [6, 6.07) is 12.7. The van der Waals surface area contributed by atoms with Gasteiger partial charge in [-0.05, 0) is 25.1 Å². The Balaban J connectivity index is 2.29. The lowest BCUT2D eigenvalue weighted by Crippen LogP contribution is -2.42. The number of carbonyl (C=O) groups excluding carboxylic acids is 3. The van der Waals surface area contributed by atoms with Crippen LogP contribution in [0.4, 0.5) is 4.79 Å². The third kappa shape index (κ3) is 5.65. The Labute approximate surface area is 162 Å². The molecule has 0 fully saturated rings. The maximum Gasteiger partial charge on any atom is 0.339 e. The topological polar surface area (TPSA) is 119 Å².